The van der Waals surface area contributed by atoms with E-state index in [1.807, 2.05) is 0 Å². The molecule has 118 valence electrons. The number of aryl methyl sites for hydroxylation is 1. The summed E-state index contributed by atoms with van der Waals surface area (Å²) >= 11 is 0. The summed E-state index contributed by atoms with van der Waals surface area (Å²) in [6.07, 6.45) is 5.54. The van der Waals surface area contributed by atoms with Crippen molar-refractivity contribution in [2.24, 2.45) is 0 Å². The van der Waals surface area contributed by atoms with Crippen molar-refractivity contribution in [2.45, 2.75) is 58.3 Å². The first kappa shape index (κ1) is 17.1. The van der Waals surface area contributed by atoms with Crippen LogP contribution in [0.3, 0.4) is 0 Å². The molecule has 2 heterocycles. The zero-order chi connectivity index (χ0) is 15.3. The standard InChI is InChI=1S/C18H25BN2.CH4/c1-5-13-7-8-16-14(11-13)15(12-20-16)18(3,19)17(2)9-6-10-21(17)4;/h7-8,11-12,20H,5-6,9-10H2,1-4H3;1H4/t17-,18?;/m1./s1. The second kappa shape index (κ2) is 5.77. The van der Waals surface area contributed by atoms with Gasteiger partial charge in [0.15, 0.2) is 0 Å². The molecule has 1 saturated heterocycles. The maximum absolute atomic E-state index is 6.91. The predicted octanol–water partition coefficient (Wildman–Crippen LogP) is 4.23. The largest absolute Gasteiger partial charge is 0.361 e. The highest BCUT2D eigenvalue weighted by molar-refractivity contribution is 6.18. The molecule has 0 aliphatic carbocycles. The lowest BCUT2D eigenvalue weighted by molar-refractivity contribution is 0.143. The van der Waals surface area contributed by atoms with Crippen molar-refractivity contribution >= 4 is 18.7 Å². The van der Waals surface area contributed by atoms with Gasteiger partial charge in [0.05, 0.1) is 7.85 Å². The minimum atomic E-state index is -0.372. The first-order chi connectivity index (χ1) is 9.90. The van der Waals surface area contributed by atoms with E-state index in [1.54, 1.807) is 0 Å². The molecule has 0 amide bonds. The second-order valence-corrected chi connectivity index (χ2v) is 6.94. The molecule has 1 aromatic carbocycles. The molecule has 2 atom stereocenters. The molecule has 1 aliphatic rings. The summed E-state index contributed by atoms with van der Waals surface area (Å²) in [6, 6.07) is 6.67. The number of H-pyrrole nitrogens is 1. The quantitative estimate of drug-likeness (QED) is 0.840. The Morgan fingerprint density at radius 3 is 2.73 bits per heavy atom. The number of nitrogens with one attached hydrogen (secondary N) is 1. The third kappa shape index (κ3) is 2.30. The minimum absolute atomic E-state index is 0. The molecule has 3 heteroatoms. The number of benzene rings is 1. The van der Waals surface area contributed by atoms with Crippen molar-refractivity contribution in [1.29, 1.82) is 0 Å². The molecule has 22 heavy (non-hydrogen) atoms. The van der Waals surface area contributed by atoms with E-state index in [4.69, 9.17) is 7.85 Å². The fraction of sp³-hybridized carbons (Fsp3) is 0.579. The lowest BCUT2D eigenvalue weighted by Gasteiger charge is -2.47. The van der Waals surface area contributed by atoms with E-state index in [1.165, 1.54) is 28.5 Å². The molecule has 3 rings (SSSR count). The topological polar surface area (TPSA) is 19.0 Å². The van der Waals surface area contributed by atoms with Gasteiger partial charge in [-0.2, -0.15) is 0 Å². The minimum Gasteiger partial charge on any atom is -0.361 e. The first-order valence-corrected chi connectivity index (χ1v) is 8.01. The number of hydrogen-bond acceptors (Lipinski definition) is 1. The van der Waals surface area contributed by atoms with Crippen LogP contribution in [-0.4, -0.2) is 36.9 Å². The van der Waals surface area contributed by atoms with E-state index in [-0.39, 0.29) is 18.3 Å². The lowest BCUT2D eigenvalue weighted by atomic mass is 9.54. The maximum Gasteiger partial charge on any atom is 0.0833 e. The lowest BCUT2D eigenvalue weighted by Crippen LogP contribution is -2.55. The van der Waals surface area contributed by atoms with Gasteiger partial charge in [-0.3, -0.25) is 0 Å². The third-order valence-electron chi connectivity index (χ3n) is 5.83. The Morgan fingerprint density at radius 1 is 1.41 bits per heavy atom. The van der Waals surface area contributed by atoms with Gasteiger partial charge in [0, 0.05) is 22.6 Å². The zero-order valence-electron chi connectivity index (χ0n) is 13.7. The van der Waals surface area contributed by atoms with Crippen LogP contribution in [0.4, 0.5) is 0 Å². The van der Waals surface area contributed by atoms with Crippen molar-refractivity contribution in [3.05, 3.63) is 35.5 Å². The van der Waals surface area contributed by atoms with Gasteiger partial charge in [0.2, 0.25) is 0 Å². The van der Waals surface area contributed by atoms with E-state index >= 15 is 0 Å². The molecule has 1 N–H and O–H groups in total. The third-order valence-corrected chi connectivity index (χ3v) is 5.83. The fourth-order valence-corrected chi connectivity index (χ4v) is 3.86. The average Bonchev–Trinajstić information content (AvgIpc) is 3.03. The number of fused-ring (bicyclic) bond motifs is 1. The number of rotatable bonds is 3. The maximum atomic E-state index is 6.91. The van der Waals surface area contributed by atoms with Gasteiger partial charge in [-0.1, -0.05) is 27.3 Å². The molecular weight excluding hydrogens is 267 g/mol. The summed E-state index contributed by atoms with van der Waals surface area (Å²) in [6.45, 7) is 7.83. The van der Waals surface area contributed by atoms with Crippen LogP contribution >= 0.6 is 0 Å². The Hall–Kier alpha value is -1.22. The molecule has 1 aliphatic heterocycles. The molecular formula is C19H29BN2. The van der Waals surface area contributed by atoms with Crippen LogP contribution in [0.1, 0.15) is 52.2 Å². The van der Waals surface area contributed by atoms with Crippen molar-refractivity contribution in [3.8, 4) is 0 Å². The summed E-state index contributed by atoms with van der Waals surface area (Å²) in [5.41, 5.74) is 3.79. The summed E-state index contributed by atoms with van der Waals surface area (Å²) in [5, 5.41) is 0.906. The van der Waals surface area contributed by atoms with Gasteiger partial charge in [-0.25, -0.2) is 0 Å². The monoisotopic (exact) mass is 296 g/mol. The van der Waals surface area contributed by atoms with E-state index in [9.17, 15) is 0 Å². The number of aromatic amines is 1. The van der Waals surface area contributed by atoms with Crippen molar-refractivity contribution in [1.82, 2.24) is 9.88 Å². The Bertz CT molecular complexity index is 658. The molecule has 2 aromatic rings. The van der Waals surface area contributed by atoms with E-state index in [0.29, 0.717) is 0 Å². The van der Waals surface area contributed by atoms with Crippen molar-refractivity contribution < 1.29 is 0 Å². The van der Waals surface area contributed by atoms with E-state index < -0.39 is 0 Å². The van der Waals surface area contributed by atoms with Gasteiger partial charge >= 0.3 is 0 Å². The number of likely N-dealkylation sites (tertiary alicyclic amines) is 1. The van der Waals surface area contributed by atoms with Crippen LogP contribution in [0.15, 0.2) is 24.4 Å². The van der Waals surface area contributed by atoms with Gasteiger partial charge in [0.1, 0.15) is 0 Å². The zero-order valence-corrected chi connectivity index (χ0v) is 13.7. The summed E-state index contributed by atoms with van der Waals surface area (Å²) in [4.78, 5) is 5.83. The Kier molecular flexibility index (Phi) is 4.50. The molecule has 1 unspecified atom stereocenters. The smallest absolute Gasteiger partial charge is 0.0833 e. The van der Waals surface area contributed by atoms with Gasteiger partial charge in [-0.15, -0.1) is 0 Å². The van der Waals surface area contributed by atoms with Gasteiger partial charge < -0.3 is 9.88 Å². The number of nitrogens with zero attached hydrogens (tertiary/aromatic N) is 1. The normalized spacial score (nSPS) is 25.1. The summed E-state index contributed by atoms with van der Waals surface area (Å²) in [7, 11) is 9.11. The van der Waals surface area contributed by atoms with Crippen molar-refractivity contribution in [3.63, 3.8) is 0 Å². The first-order valence-electron chi connectivity index (χ1n) is 8.01. The molecule has 2 nitrogen and oxygen atoms in total. The highest BCUT2D eigenvalue weighted by Gasteiger charge is 2.47. The van der Waals surface area contributed by atoms with E-state index in [0.717, 1.165) is 19.4 Å². The summed E-state index contributed by atoms with van der Waals surface area (Å²) < 4.78 is 0. The number of likely N-dealkylation sites (N-methyl/N-ethyl adjacent to an activating group) is 1. The van der Waals surface area contributed by atoms with Crippen LogP contribution in [0.25, 0.3) is 10.9 Å². The van der Waals surface area contributed by atoms with E-state index in [2.05, 4.69) is 62.1 Å². The van der Waals surface area contributed by atoms with Gasteiger partial charge in [-0.05, 0) is 68.4 Å². The fourth-order valence-electron chi connectivity index (χ4n) is 3.86. The molecule has 1 fully saturated rings. The van der Waals surface area contributed by atoms with Crippen LogP contribution in [0.5, 0.6) is 0 Å². The Morgan fingerprint density at radius 2 is 2.14 bits per heavy atom. The predicted molar refractivity (Wildman–Crippen MR) is 97.8 cm³/mol. The van der Waals surface area contributed by atoms with Crippen LogP contribution < -0.4 is 0 Å². The van der Waals surface area contributed by atoms with Crippen molar-refractivity contribution in [2.75, 3.05) is 13.6 Å². The summed E-state index contributed by atoms with van der Waals surface area (Å²) in [5.74, 6) is 0. The highest BCUT2D eigenvalue weighted by Crippen LogP contribution is 2.45. The SMILES string of the molecule is C.[B]C(C)(c1c[nH]c2ccc(CC)cc12)[C@@]1(C)CCCN1C. The molecule has 0 spiro atoms. The number of hydrogen-bond donors (Lipinski definition) is 1. The second-order valence-electron chi connectivity index (χ2n) is 6.94. The molecule has 1 aromatic heterocycles. The number of aromatic nitrogens is 1. The van der Waals surface area contributed by atoms with Crippen LogP contribution in [-0.2, 0) is 11.7 Å². The highest BCUT2D eigenvalue weighted by atomic mass is 15.2. The van der Waals surface area contributed by atoms with Crippen LogP contribution in [0, 0.1) is 0 Å². The van der Waals surface area contributed by atoms with Crippen LogP contribution in [0.2, 0.25) is 0 Å². The van der Waals surface area contributed by atoms with Gasteiger partial charge in [0.25, 0.3) is 0 Å². The Balaban J connectivity index is 0.00000176. The molecule has 0 saturated carbocycles. The molecule has 2 radical (unpaired) electrons. The Labute approximate surface area is 136 Å². The average molecular weight is 296 g/mol. The molecule has 0 bridgehead atoms.